The summed E-state index contributed by atoms with van der Waals surface area (Å²) in [4.78, 5) is 0. The summed E-state index contributed by atoms with van der Waals surface area (Å²) in [6.45, 7) is 0. The Morgan fingerprint density at radius 2 is 1.00 bits per heavy atom. The van der Waals surface area contributed by atoms with Crippen molar-refractivity contribution in [3.05, 3.63) is 0 Å². The minimum atomic E-state index is 0. The van der Waals surface area contributed by atoms with Crippen molar-refractivity contribution in [2.45, 2.75) is 0 Å². The topological polar surface area (TPSA) is 0 Å². The standard InChI is InChI=1S/BH3.Fe.GeH4.Mn.H3P.H4Si/h1H3;;1H4;;1H3;1H4. The van der Waals surface area contributed by atoms with Crippen LogP contribution in [0.5, 0.6) is 0 Å². The summed E-state index contributed by atoms with van der Waals surface area (Å²) in [6, 6.07) is 0. The van der Waals surface area contributed by atoms with E-state index in [1.807, 2.05) is 0 Å². The van der Waals surface area contributed by atoms with Crippen molar-refractivity contribution in [3.63, 3.8) is 0 Å². The molecule has 1 radical (unpaired) electrons. The molecule has 0 bridgehead atoms. The Morgan fingerprint density at radius 3 is 1.00 bits per heavy atom. The van der Waals surface area contributed by atoms with Crippen molar-refractivity contribution >= 4 is 46.9 Å². The molecule has 0 aliphatic rings. The van der Waals surface area contributed by atoms with E-state index in [9.17, 15) is 0 Å². The van der Waals surface area contributed by atoms with Crippen LogP contribution in [0, 0.1) is 0 Å². The minimum absolute atomic E-state index is 0. The minimum Gasteiger partial charge on any atom is -0.0149 e. The van der Waals surface area contributed by atoms with Gasteiger partial charge in [0.15, 0.2) is 0 Å². The fraction of sp³-hybridized carbons (Fsp3) is 0. The second kappa shape index (κ2) is 54.9. The van der Waals surface area contributed by atoms with Crippen LogP contribution < -0.4 is 0 Å². The molecule has 0 heterocycles. The maximum atomic E-state index is 0. The quantitative estimate of drug-likeness (QED) is 0.310. The van der Waals surface area contributed by atoms with Crippen LogP contribution in [-0.4, -0.2) is 37.0 Å². The Balaban J connectivity index is 0. The van der Waals surface area contributed by atoms with Crippen molar-refractivity contribution in [2.24, 2.45) is 0 Å². The smallest absolute Gasteiger partial charge is 0 e. The molecule has 0 spiro atoms. The summed E-state index contributed by atoms with van der Waals surface area (Å²) in [5, 5.41) is 0. The summed E-state index contributed by atoms with van der Waals surface area (Å²) >= 11 is 0. The molecular formula is H14BFeGeMnPSi. The summed E-state index contributed by atoms with van der Waals surface area (Å²) in [5.41, 5.74) is 0. The fourth-order valence-corrected chi connectivity index (χ4v) is 0. The average Bonchev–Trinajstić information content (AvgIpc) is 0. The summed E-state index contributed by atoms with van der Waals surface area (Å²) in [7, 11) is 0. The van der Waals surface area contributed by atoms with Gasteiger partial charge in [0.2, 0.25) is 0 Å². The molecule has 6 heteroatoms. The van der Waals surface area contributed by atoms with E-state index in [0.717, 1.165) is 0 Å². The zero-order chi connectivity index (χ0) is 0. The van der Waals surface area contributed by atoms with Gasteiger partial charge < -0.3 is 0 Å². The molecule has 0 aromatic rings. The zero-order valence-corrected chi connectivity index (χ0v) is 5.14. The molecule has 0 fully saturated rings. The molecule has 0 aliphatic carbocycles. The van der Waals surface area contributed by atoms with Crippen LogP contribution in [0.1, 0.15) is 0 Å². The molecule has 0 saturated carbocycles. The van der Waals surface area contributed by atoms with Crippen LogP contribution in [0.25, 0.3) is 0 Å². The molecular weight excluding hydrogens is 253 g/mol. The van der Waals surface area contributed by atoms with Gasteiger partial charge in [0.1, 0.15) is 0 Å². The van der Waals surface area contributed by atoms with Crippen LogP contribution >= 0.6 is 9.90 Å². The van der Waals surface area contributed by atoms with Crippen LogP contribution in [-0.2, 0) is 34.1 Å². The number of hydrogen-bond acceptors (Lipinski definition) is 0. The summed E-state index contributed by atoms with van der Waals surface area (Å²) in [5.74, 6) is 0. The summed E-state index contributed by atoms with van der Waals surface area (Å²) in [6.07, 6.45) is 0. The Labute approximate surface area is 80.5 Å². The van der Waals surface area contributed by atoms with E-state index >= 15 is 0 Å². The molecule has 1 unspecified atom stereocenters. The molecule has 0 aromatic heterocycles. The van der Waals surface area contributed by atoms with Gasteiger partial charge in [0.05, 0.1) is 8.41 Å². The molecule has 0 aliphatic heterocycles. The maximum absolute atomic E-state index is 0. The van der Waals surface area contributed by atoms with Crippen molar-refractivity contribution in [1.29, 1.82) is 0 Å². The van der Waals surface area contributed by atoms with Crippen molar-refractivity contribution in [2.75, 3.05) is 0 Å². The Hall–Kier alpha value is 2.29. The Morgan fingerprint density at radius 1 is 1.00 bits per heavy atom. The molecule has 45 valence electrons. The molecule has 1 atom stereocenters. The average molecular weight is 267 g/mol. The van der Waals surface area contributed by atoms with Gasteiger partial charge in [0, 0.05) is 34.1 Å². The van der Waals surface area contributed by atoms with Gasteiger partial charge in [0.25, 0.3) is 0 Å². The normalized spacial score (nSPS) is 0. The van der Waals surface area contributed by atoms with E-state index in [1.165, 1.54) is 0 Å². The largest absolute Gasteiger partial charge is 0.0149 e. The van der Waals surface area contributed by atoms with E-state index in [4.69, 9.17) is 0 Å². The SMILES string of the molecule is B.P.[Fe].[GeH4].[Mn].[SiH4]. The van der Waals surface area contributed by atoms with Gasteiger partial charge in [-0.3, -0.25) is 0 Å². The van der Waals surface area contributed by atoms with E-state index < -0.39 is 0 Å². The van der Waals surface area contributed by atoms with Crippen LogP contribution in [0.4, 0.5) is 0 Å². The molecule has 0 nitrogen and oxygen atoms in total. The second-order valence-corrected chi connectivity index (χ2v) is 0. The van der Waals surface area contributed by atoms with Gasteiger partial charge in [-0.05, 0) is 11.0 Å². The van der Waals surface area contributed by atoms with Crippen molar-refractivity contribution < 1.29 is 34.1 Å². The number of hydrogen-bond donors (Lipinski definition) is 0. The van der Waals surface area contributed by atoms with E-state index in [-0.39, 0.29) is 81.0 Å². The molecule has 0 N–H and O–H groups in total. The predicted molar refractivity (Wildman–Crippen MR) is 43.7 cm³/mol. The van der Waals surface area contributed by atoms with Crippen molar-refractivity contribution in [1.82, 2.24) is 0 Å². The van der Waals surface area contributed by atoms with Gasteiger partial charge in [-0.15, -0.1) is 0 Å². The molecule has 0 amide bonds. The zero-order valence-electron chi connectivity index (χ0n) is 1.44. The van der Waals surface area contributed by atoms with Crippen LogP contribution in [0.2, 0.25) is 0 Å². The van der Waals surface area contributed by atoms with E-state index in [2.05, 4.69) is 0 Å². The van der Waals surface area contributed by atoms with E-state index in [1.54, 1.807) is 0 Å². The third-order valence-electron chi connectivity index (χ3n) is 0. The first-order valence-electron chi connectivity index (χ1n) is 0. The van der Waals surface area contributed by atoms with Gasteiger partial charge in [-0.2, -0.15) is 9.90 Å². The number of rotatable bonds is 0. The molecule has 0 saturated heterocycles. The maximum Gasteiger partial charge on any atom is 0 e. The summed E-state index contributed by atoms with van der Waals surface area (Å²) < 4.78 is 0. The van der Waals surface area contributed by atoms with Crippen LogP contribution in [0.15, 0.2) is 0 Å². The predicted octanol–water partition coefficient (Wildman–Crippen LogP) is -4.03. The van der Waals surface area contributed by atoms with Gasteiger partial charge in [-0.25, -0.2) is 0 Å². The Kier molecular flexibility index (Phi) is 768. The van der Waals surface area contributed by atoms with Gasteiger partial charge in [-0.1, -0.05) is 0 Å². The first-order chi connectivity index (χ1) is 0. The van der Waals surface area contributed by atoms with Crippen molar-refractivity contribution in [3.8, 4) is 0 Å². The first kappa shape index (κ1) is 83.9. The first-order valence-corrected chi connectivity index (χ1v) is 0. The molecule has 6 heavy (non-hydrogen) atoms. The fourth-order valence-electron chi connectivity index (χ4n) is 0. The molecule has 0 aromatic carbocycles. The van der Waals surface area contributed by atoms with Crippen LogP contribution in [0.3, 0.4) is 0 Å². The third-order valence-corrected chi connectivity index (χ3v) is 0. The second-order valence-electron chi connectivity index (χ2n) is 0. The molecule has 0 rings (SSSR count). The monoisotopic (exact) mass is 269 g/mol. The third kappa shape index (κ3) is 33.5. The Bertz CT molecular complexity index is 15.5. The van der Waals surface area contributed by atoms with E-state index in [0.29, 0.717) is 0 Å². The van der Waals surface area contributed by atoms with Gasteiger partial charge >= 0.3 is 17.6 Å².